The number of allylic oxidation sites excluding steroid dienone is 2. The molecule has 0 heterocycles. The van der Waals surface area contributed by atoms with E-state index in [9.17, 15) is 29.4 Å². The average molecular weight is 1380 g/mol. The van der Waals surface area contributed by atoms with Crippen molar-refractivity contribution >= 4 is 70.8 Å². The van der Waals surface area contributed by atoms with Crippen molar-refractivity contribution < 1.29 is 62.9 Å². The Bertz CT molecular complexity index is 2500. The zero-order valence-electron chi connectivity index (χ0n) is 64.0. The van der Waals surface area contributed by atoms with Crippen LogP contribution < -0.4 is 21.7 Å². The molecule has 0 fully saturated rings. The zero-order valence-corrected chi connectivity index (χ0v) is 64.8. The number of ether oxygens (including phenoxy) is 1. The van der Waals surface area contributed by atoms with Gasteiger partial charge in [-0.25, -0.2) is 0 Å². The molecular weight excluding hydrogens is 1250 g/mol. The molecule has 10 amide bonds. The van der Waals surface area contributed by atoms with Gasteiger partial charge in [0.25, 0.3) is 5.91 Å². The van der Waals surface area contributed by atoms with Gasteiger partial charge in [0.05, 0.1) is 24.4 Å². The number of amides is 10. The fraction of sp³-hybridized carbons (Fsp3) is 0.829. The molecule has 26 heteroatoms. The van der Waals surface area contributed by atoms with E-state index in [2.05, 4.69) is 20.9 Å². The Morgan fingerprint density at radius 2 is 1.01 bits per heavy atom. The normalized spacial score (nSPS) is 16.2. The standard InChI is InChI=1S/C70H132N12O13S/c1-28-32-34-47(15)58(84)57(80(25)67(93)56(46(13)14)79(24)65(91)53(39-44(9)10)77(22)64(90)52(38-43(7)8)76(21)62(88)49(17)71)61(87)73-50(29-2)63(89)81(26)69(96-36-33-35-82(30-3)31-4)68(94)78(23)54(40-70(18,19)95-27)60(86)74-55(45(11)12)66(92)75(20)51(37-42(5)6)59(85)72-48(16)41-83/h28,32,42-58,69,83-84H,29-31,33-41,71H2,1-27H3,(H,72,85)(H,73,87)(H,74,86)/b32-28+/t47-,48-,49-,50+,51+,52+,53+,54+,55?,56+,57+,58-,69-/m1/s1. The van der Waals surface area contributed by atoms with Crippen molar-refractivity contribution in [2.75, 3.05) is 88.4 Å². The lowest BCUT2D eigenvalue weighted by Gasteiger charge is -2.41. The fourth-order valence-electron chi connectivity index (χ4n) is 11.6. The van der Waals surface area contributed by atoms with E-state index in [0.717, 1.165) is 18.0 Å². The lowest BCUT2D eigenvalue weighted by atomic mass is 9.91. The van der Waals surface area contributed by atoms with E-state index in [-0.39, 0.29) is 56.5 Å². The lowest BCUT2D eigenvalue weighted by Crippen LogP contribution is -2.64. The number of nitrogens with two attached hydrogens (primary N) is 1. The maximum Gasteiger partial charge on any atom is 0.256 e. The topological polar surface area (TPSA) is 308 Å². The van der Waals surface area contributed by atoms with Gasteiger partial charge in [-0.15, -0.1) is 11.8 Å². The van der Waals surface area contributed by atoms with Gasteiger partial charge in [0, 0.05) is 68.9 Å². The van der Waals surface area contributed by atoms with Crippen LogP contribution in [0.5, 0.6) is 0 Å². The molecule has 25 nitrogen and oxygen atoms in total. The smallest absolute Gasteiger partial charge is 0.256 e. The van der Waals surface area contributed by atoms with Crippen LogP contribution in [-0.4, -0.2) is 274 Å². The van der Waals surface area contributed by atoms with E-state index < -0.39 is 154 Å². The number of rotatable bonds is 44. The quantitative estimate of drug-likeness (QED) is 0.0275. The number of hydrogen-bond donors (Lipinski definition) is 6. The molecule has 7 N–H and O–H groups in total. The first-order chi connectivity index (χ1) is 44.4. The molecule has 0 aromatic rings. The summed E-state index contributed by atoms with van der Waals surface area (Å²) in [6, 6.07) is -11.2. The lowest BCUT2D eigenvalue weighted by molar-refractivity contribution is -0.157. The number of thioether (sulfide) groups is 1. The number of carbonyl (C=O) groups is 10. The van der Waals surface area contributed by atoms with Crippen LogP contribution in [0.1, 0.15) is 176 Å². The number of methoxy groups -OCH3 is 1. The SMILES string of the molecule is C/C=C/C[C@@H](C)[C@@H](O)[C@@H](C(=O)N[C@@H](CC)C(=O)N(C)[C@H](SCCCN(CC)CC)C(=O)N(C)[C@@H](CC(C)(C)OC)C(=O)NC(C(=O)N(C)[C@@H](CC(C)C)C(=O)N[C@H](C)CO)C(C)C)N(C)C(=O)[C@H](C(C)C)N(C)C(=O)[C@H](CC(C)C)N(C)C(=O)[C@H](CC(C)C)N(C)C(=O)[C@@H](C)N. The Hall–Kier alpha value is -5.41. The van der Waals surface area contributed by atoms with Gasteiger partial charge in [0.2, 0.25) is 53.2 Å². The van der Waals surface area contributed by atoms with Gasteiger partial charge in [0.15, 0.2) is 5.37 Å². The molecule has 0 bridgehead atoms. The number of nitrogens with one attached hydrogen (secondary N) is 3. The van der Waals surface area contributed by atoms with Gasteiger partial charge in [-0.1, -0.05) is 109 Å². The summed E-state index contributed by atoms with van der Waals surface area (Å²) in [5.41, 5.74) is 4.97. The van der Waals surface area contributed by atoms with Gasteiger partial charge in [-0.2, -0.15) is 0 Å². The molecule has 0 aromatic heterocycles. The summed E-state index contributed by atoms with van der Waals surface area (Å²) in [5, 5.41) is 29.3. The highest BCUT2D eigenvalue weighted by atomic mass is 32.2. The molecule has 0 aliphatic heterocycles. The summed E-state index contributed by atoms with van der Waals surface area (Å²) >= 11 is 1.18. The molecule has 96 heavy (non-hydrogen) atoms. The monoisotopic (exact) mass is 1380 g/mol. The maximum atomic E-state index is 15.5. The largest absolute Gasteiger partial charge is 0.394 e. The van der Waals surface area contributed by atoms with Crippen LogP contribution in [0.25, 0.3) is 0 Å². The zero-order chi connectivity index (χ0) is 74.7. The highest BCUT2D eigenvalue weighted by Crippen LogP contribution is 2.28. The van der Waals surface area contributed by atoms with E-state index in [4.69, 9.17) is 10.5 Å². The highest BCUT2D eigenvalue weighted by molar-refractivity contribution is 8.00. The molecule has 0 radical (unpaired) electrons. The van der Waals surface area contributed by atoms with Crippen molar-refractivity contribution in [2.45, 2.75) is 254 Å². The number of likely N-dealkylation sites (N-methyl/N-ethyl adjacent to an activating group) is 7. The van der Waals surface area contributed by atoms with Gasteiger partial charge in [-0.05, 0) is 134 Å². The molecule has 0 saturated heterocycles. The Balaban J connectivity index is 7.94. The second-order valence-electron chi connectivity index (χ2n) is 28.9. The fourth-order valence-corrected chi connectivity index (χ4v) is 12.8. The van der Waals surface area contributed by atoms with Crippen molar-refractivity contribution in [1.29, 1.82) is 0 Å². The summed E-state index contributed by atoms with van der Waals surface area (Å²) in [5.74, 6) is -7.63. The second kappa shape index (κ2) is 43.2. The molecule has 556 valence electrons. The second-order valence-corrected chi connectivity index (χ2v) is 30.0. The minimum Gasteiger partial charge on any atom is -0.394 e. The maximum absolute atomic E-state index is 15.5. The molecule has 0 rings (SSSR count). The van der Waals surface area contributed by atoms with Gasteiger partial charge in [0.1, 0.15) is 48.3 Å². The molecule has 0 aliphatic carbocycles. The molecule has 0 aliphatic rings. The van der Waals surface area contributed by atoms with E-state index in [1.165, 1.54) is 105 Å². The van der Waals surface area contributed by atoms with Gasteiger partial charge in [-0.3, -0.25) is 47.9 Å². The number of aliphatic hydroxyl groups is 2. The van der Waals surface area contributed by atoms with Crippen molar-refractivity contribution in [2.24, 2.45) is 41.2 Å². The predicted octanol–water partition coefficient (Wildman–Crippen LogP) is 4.65. The first-order valence-corrected chi connectivity index (χ1v) is 35.8. The Morgan fingerprint density at radius 3 is 1.45 bits per heavy atom. The third-order valence-electron chi connectivity index (χ3n) is 18.1. The van der Waals surface area contributed by atoms with Crippen molar-refractivity contribution in [3.63, 3.8) is 0 Å². The Labute approximate surface area is 582 Å². The molecular formula is C70H132N12O13S. The molecule has 0 saturated carbocycles. The minimum atomic E-state index is -1.64. The van der Waals surface area contributed by atoms with E-state index in [1.807, 2.05) is 68.4 Å². The Morgan fingerprint density at radius 1 is 0.552 bits per heavy atom. The summed E-state index contributed by atoms with van der Waals surface area (Å²) in [7, 11) is 11.7. The third kappa shape index (κ3) is 27.4. The van der Waals surface area contributed by atoms with Crippen LogP contribution in [0, 0.1) is 35.5 Å². The molecule has 1 unspecified atom stereocenters. The van der Waals surface area contributed by atoms with Crippen molar-refractivity contribution in [3.8, 4) is 0 Å². The van der Waals surface area contributed by atoms with Gasteiger partial charge < -0.3 is 75.8 Å². The first kappa shape index (κ1) is 90.6. The van der Waals surface area contributed by atoms with E-state index in [0.29, 0.717) is 25.1 Å². The third-order valence-corrected chi connectivity index (χ3v) is 19.5. The molecule has 0 spiro atoms. The van der Waals surface area contributed by atoms with Crippen LogP contribution in [-0.2, 0) is 52.7 Å². The predicted molar refractivity (Wildman–Crippen MR) is 382 cm³/mol. The minimum absolute atomic E-state index is 0.0122. The Kier molecular flexibility index (Phi) is 40.8. The summed E-state index contributed by atoms with van der Waals surface area (Å²) in [6.45, 7) is 36.4. The van der Waals surface area contributed by atoms with Crippen molar-refractivity contribution in [3.05, 3.63) is 12.2 Å². The highest BCUT2D eigenvalue weighted by Gasteiger charge is 2.47. The average Bonchev–Trinajstić information content (AvgIpc) is 0.807. The number of nitrogens with zero attached hydrogens (tertiary/aromatic N) is 8. The number of hydrogen-bond acceptors (Lipinski definition) is 16. The van der Waals surface area contributed by atoms with Gasteiger partial charge >= 0.3 is 0 Å². The van der Waals surface area contributed by atoms with Crippen LogP contribution in [0.15, 0.2) is 12.2 Å². The van der Waals surface area contributed by atoms with E-state index in [1.54, 1.807) is 68.4 Å². The molecule has 0 aromatic carbocycles. The van der Waals surface area contributed by atoms with Crippen LogP contribution in [0.4, 0.5) is 0 Å². The van der Waals surface area contributed by atoms with Crippen LogP contribution in [0.2, 0.25) is 0 Å². The summed E-state index contributed by atoms with van der Waals surface area (Å²) < 4.78 is 5.84. The summed E-state index contributed by atoms with van der Waals surface area (Å²) in [4.78, 5) is 158. The summed E-state index contributed by atoms with van der Waals surface area (Å²) in [6.07, 6.45) is 3.68. The number of aliphatic hydroxyl groups excluding tert-OH is 2. The van der Waals surface area contributed by atoms with Crippen LogP contribution >= 0.6 is 11.8 Å². The number of carbonyl (C=O) groups excluding carboxylic acids is 10. The molecule has 13 atom stereocenters. The van der Waals surface area contributed by atoms with Crippen molar-refractivity contribution in [1.82, 2.24) is 55.1 Å². The first-order valence-electron chi connectivity index (χ1n) is 34.8. The van der Waals surface area contributed by atoms with Crippen LogP contribution in [0.3, 0.4) is 0 Å². The van der Waals surface area contributed by atoms with E-state index >= 15 is 28.8 Å².